The van der Waals surface area contributed by atoms with Crippen LogP contribution < -0.4 is 0 Å². The lowest BCUT2D eigenvalue weighted by Crippen LogP contribution is -2.09. The molecule has 0 aliphatic carbocycles. The van der Waals surface area contributed by atoms with E-state index in [0.29, 0.717) is 0 Å². The molecule has 1 rings (SSSR count). The van der Waals surface area contributed by atoms with E-state index < -0.39 is 0 Å². The zero-order chi connectivity index (χ0) is 5.82. The van der Waals surface area contributed by atoms with Crippen LogP contribution in [0.15, 0.2) is 0 Å². The maximum absolute atomic E-state index is 10.2. The van der Waals surface area contributed by atoms with E-state index in [2.05, 4.69) is 0 Å². The molecule has 1 fully saturated rings. The molecule has 46 valence electrons. The van der Waals surface area contributed by atoms with Crippen LogP contribution in [0.2, 0.25) is 0 Å². The van der Waals surface area contributed by atoms with Crippen LogP contribution in [0.25, 0.3) is 0 Å². The Labute approximate surface area is 56.0 Å². The van der Waals surface area contributed by atoms with Crippen molar-refractivity contribution in [2.24, 2.45) is 0 Å². The Kier molecular flexibility index (Phi) is 2.76. The molecule has 1 unspecified atom stereocenters. The quantitative estimate of drug-likeness (QED) is 0.317. The highest BCUT2D eigenvalue weighted by atomic mass is 33.1. The first kappa shape index (κ1) is 6.49. The maximum atomic E-state index is 10.2. The van der Waals surface area contributed by atoms with Gasteiger partial charge in [0.25, 0.3) is 0 Å². The van der Waals surface area contributed by atoms with Crippen LogP contribution >= 0.6 is 10.8 Å². The Morgan fingerprint density at radius 3 is 2.75 bits per heavy atom. The first-order valence-electron chi connectivity index (χ1n) is 2.72. The Bertz CT molecular complexity index is 78.5. The monoisotopic (exact) mass is 149 g/mol. The topological polar surface area (TPSA) is 17.1 Å². The molecule has 8 heavy (non-hydrogen) atoms. The normalized spacial score (nSPS) is 29.8. The Morgan fingerprint density at radius 1 is 1.50 bits per heavy atom. The van der Waals surface area contributed by atoms with Crippen LogP contribution in [0.1, 0.15) is 12.8 Å². The molecular formula is C5H9OS2+. The minimum absolute atomic E-state index is 0.0845. The van der Waals surface area contributed by atoms with E-state index in [9.17, 15) is 4.79 Å². The lowest BCUT2D eigenvalue weighted by molar-refractivity contribution is 0.569. The summed E-state index contributed by atoms with van der Waals surface area (Å²) in [6.45, 7) is 0. The van der Waals surface area contributed by atoms with E-state index in [1.807, 2.05) is 10.8 Å². The van der Waals surface area contributed by atoms with Crippen molar-refractivity contribution >= 4 is 26.3 Å². The minimum Gasteiger partial charge on any atom is -0.240 e. The van der Waals surface area contributed by atoms with Crippen molar-refractivity contribution in [1.82, 2.24) is 0 Å². The first-order valence-corrected chi connectivity index (χ1v) is 5.67. The van der Waals surface area contributed by atoms with Gasteiger partial charge in [-0.25, -0.2) is 4.79 Å². The maximum Gasteiger partial charge on any atom is 0.332 e. The molecular weight excluding hydrogens is 140 g/mol. The van der Waals surface area contributed by atoms with Crippen molar-refractivity contribution in [1.29, 1.82) is 0 Å². The van der Waals surface area contributed by atoms with Crippen LogP contribution in [0.5, 0.6) is 0 Å². The molecule has 1 nitrogen and oxygen atoms in total. The number of hydrogen-bond donors (Lipinski definition) is 0. The van der Waals surface area contributed by atoms with Gasteiger partial charge in [-0.05, 0) is 12.8 Å². The average Bonchev–Trinajstić information content (AvgIpc) is 1.90. The van der Waals surface area contributed by atoms with Gasteiger partial charge in [-0.15, -0.1) is 0 Å². The van der Waals surface area contributed by atoms with Crippen LogP contribution in [0.4, 0.5) is 0 Å². The molecule has 1 aliphatic rings. The highest BCUT2D eigenvalue weighted by Crippen LogP contribution is 2.22. The average molecular weight is 149 g/mol. The molecule has 0 aromatic rings. The van der Waals surface area contributed by atoms with Gasteiger partial charge in [0.15, 0.2) is 0 Å². The molecule has 1 saturated heterocycles. The van der Waals surface area contributed by atoms with Gasteiger partial charge in [0.2, 0.25) is 0 Å². The smallest absolute Gasteiger partial charge is 0.240 e. The Hall–Kier alpha value is 0.370. The van der Waals surface area contributed by atoms with Gasteiger partial charge < -0.3 is 0 Å². The molecule has 1 aliphatic heterocycles. The van der Waals surface area contributed by atoms with Gasteiger partial charge in [0, 0.05) is 5.75 Å². The third-order valence-electron chi connectivity index (χ3n) is 1.08. The summed E-state index contributed by atoms with van der Waals surface area (Å²) in [5.41, 5.74) is 1.10. The van der Waals surface area contributed by atoms with Crippen molar-refractivity contribution in [3.8, 4) is 0 Å². The molecule has 0 aromatic carbocycles. The highest BCUT2D eigenvalue weighted by Gasteiger charge is 2.22. The zero-order valence-corrected chi connectivity index (χ0v) is 6.26. The van der Waals surface area contributed by atoms with E-state index >= 15 is 0 Å². The van der Waals surface area contributed by atoms with E-state index in [1.54, 1.807) is 0 Å². The summed E-state index contributed by atoms with van der Waals surface area (Å²) in [5.74, 6) is 2.33. The third kappa shape index (κ3) is 1.71. The molecule has 1 heterocycles. The van der Waals surface area contributed by atoms with Crippen LogP contribution in [-0.2, 0) is 14.7 Å². The van der Waals surface area contributed by atoms with Crippen LogP contribution in [0, 0.1) is 0 Å². The van der Waals surface area contributed by atoms with Gasteiger partial charge in [0.05, 0.1) is 0 Å². The summed E-state index contributed by atoms with van der Waals surface area (Å²) < 4.78 is 0. The molecule has 0 amide bonds. The van der Waals surface area contributed by atoms with Crippen LogP contribution in [0.3, 0.4) is 0 Å². The van der Waals surface area contributed by atoms with Gasteiger partial charge >= 0.3 is 5.62 Å². The second-order valence-corrected chi connectivity index (χ2v) is 5.71. The summed E-state index contributed by atoms with van der Waals surface area (Å²) in [6, 6.07) is 0. The van der Waals surface area contributed by atoms with E-state index in [1.165, 1.54) is 18.6 Å². The van der Waals surface area contributed by atoms with Crippen LogP contribution in [-0.4, -0.2) is 17.1 Å². The van der Waals surface area contributed by atoms with E-state index in [4.69, 9.17) is 0 Å². The fourth-order valence-corrected chi connectivity index (χ4v) is 3.81. The fraction of sp³-hybridized carbons (Fsp3) is 0.800. The molecule has 0 radical (unpaired) electrons. The van der Waals surface area contributed by atoms with Gasteiger partial charge in [-0.1, -0.05) is 0 Å². The van der Waals surface area contributed by atoms with E-state index in [-0.39, 0.29) is 9.93 Å². The summed E-state index contributed by atoms with van der Waals surface area (Å²) >= 11 is 0. The second kappa shape index (κ2) is 3.41. The molecule has 3 heteroatoms. The first-order chi connectivity index (χ1) is 3.93. The lowest BCUT2D eigenvalue weighted by atomic mass is 10.4. The molecule has 0 spiro atoms. The molecule has 0 aromatic heterocycles. The lowest BCUT2D eigenvalue weighted by Gasteiger charge is -2.03. The number of carbonyl (C=O) groups is 1. The summed E-state index contributed by atoms with van der Waals surface area (Å²) in [6.07, 6.45) is 2.57. The van der Waals surface area contributed by atoms with Crippen molar-refractivity contribution < 1.29 is 4.79 Å². The highest BCUT2D eigenvalue weighted by molar-refractivity contribution is 8.78. The van der Waals surface area contributed by atoms with E-state index in [0.717, 1.165) is 11.4 Å². The second-order valence-electron chi connectivity index (χ2n) is 1.71. The van der Waals surface area contributed by atoms with Crippen molar-refractivity contribution in [2.45, 2.75) is 12.8 Å². The zero-order valence-electron chi connectivity index (χ0n) is 4.63. The number of hydrogen-bond acceptors (Lipinski definition) is 2. The predicted molar refractivity (Wildman–Crippen MR) is 40.7 cm³/mol. The number of carbonyl (C=O) groups excluding carboxylic acids is 1. The largest absolute Gasteiger partial charge is 0.332 e. The van der Waals surface area contributed by atoms with Gasteiger partial charge in [-0.2, -0.15) is 0 Å². The molecule has 0 bridgehead atoms. The third-order valence-corrected chi connectivity index (χ3v) is 4.89. The molecule has 0 N–H and O–H groups in total. The fourth-order valence-electron chi connectivity index (χ4n) is 0.647. The summed E-state index contributed by atoms with van der Waals surface area (Å²) in [4.78, 5) is 10.2. The molecule has 1 atom stereocenters. The minimum atomic E-state index is 0.0845. The van der Waals surface area contributed by atoms with Crippen molar-refractivity contribution in [2.75, 3.05) is 11.5 Å². The van der Waals surface area contributed by atoms with Crippen molar-refractivity contribution in [3.05, 3.63) is 0 Å². The summed E-state index contributed by atoms with van der Waals surface area (Å²) in [7, 11) is 1.91. The molecule has 0 saturated carbocycles. The SMILES string of the molecule is O=C[S+]1CCCCS1. The van der Waals surface area contributed by atoms with Gasteiger partial charge in [-0.3, -0.25) is 0 Å². The Morgan fingerprint density at radius 2 is 2.38 bits per heavy atom. The van der Waals surface area contributed by atoms with Gasteiger partial charge in [0.1, 0.15) is 26.5 Å². The van der Waals surface area contributed by atoms with Crippen molar-refractivity contribution in [3.63, 3.8) is 0 Å². The Balaban J connectivity index is 2.22. The number of rotatable bonds is 1. The summed E-state index contributed by atoms with van der Waals surface area (Å²) in [5, 5.41) is 0. The predicted octanol–water partition coefficient (Wildman–Crippen LogP) is 1.24. The standard InChI is InChI=1S/C5H9OS2/c6-5-8-4-2-1-3-7-8/h5H,1-4H2/q+1.